The zero-order chi connectivity index (χ0) is 16.2. The summed E-state index contributed by atoms with van der Waals surface area (Å²) >= 11 is 0. The number of hydrogen-bond donors (Lipinski definition) is 2. The van der Waals surface area contributed by atoms with Crippen LogP contribution in [-0.2, 0) is 6.42 Å². The first-order valence-electron chi connectivity index (χ1n) is 8.21. The van der Waals surface area contributed by atoms with Crippen LogP contribution in [0.3, 0.4) is 0 Å². The number of likely N-dealkylation sites (tertiary alicyclic amines) is 1. The minimum absolute atomic E-state index is 0.0325. The molecule has 1 aromatic rings. The molecule has 1 saturated heterocycles. The predicted octanol–water partition coefficient (Wildman–Crippen LogP) is 2.55. The molecule has 1 aliphatic carbocycles. The molecule has 124 valence electrons. The largest absolute Gasteiger partial charge is 0.504 e. The SMILES string of the molecule is COc1cc(CCNC(=O)N2C[C@@H]3CC=CC[C@H]3C2)ccc1O. The Balaban J connectivity index is 1.46. The number of phenols is 1. The van der Waals surface area contributed by atoms with Crippen molar-refractivity contribution in [3.05, 3.63) is 35.9 Å². The molecule has 2 atom stereocenters. The number of methoxy groups -OCH3 is 1. The van der Waals surface area contributed by atoms with Crippen molar-refractivity contribution in [1.29, 1.82) is 0 Å². The molecular weight excluding hydrogens is 292 g/mol. The van der Waals surface area contributed by atoms with E-state index < -0.39 is 0 Å². The van der Waals surface area contributed by atoms with E-state index in [1.54, 1.807) is 12.1 Å². The van der Waals surface area contributed by atoms with E-state index in [9.17, 15) is 9.90 Å². The van der Waals surface area contributed by atoms with Gasteiger partial charge in [-0.1, -0.05) is 18.2 Å². The summed E-state index contributed by atoms with van der Waals surface area (Å²) in [4.78, 5) is 14.2. The number of amides is 2. The van der Waals surface area contributed by atoms with Crippen molar-refractivity contribution in [3.8, 4) is 11.5 Å². The van der Waals surface area contributed by atoms with Gasteiger partial charge >= 0.3 is 6.03 Å². The molecule has 5 heteroatoms. The van der Waals surface area contributed by atoms with E-state index in [1.807, 2.05) is 11.0 Å². The molecule has 2 N–H and O–H groups in total. The molecule has 2 amide bonds. The van der Waals surface area contributed by atoms with E-state index in [0.717, 1.165) is 31.5 Å². The average Bonchev–Trinajstić information content (AvgIpc) is 3.00. The average molecular weight is 316 g/mol. The molecule has 0 saturated carbocycles. The molecule has 1 aliphatic heterocycles. The van der Waals surface area contributed by atoms with Crippen LogP contribution in [0.15, 0.2) is 30.4 Å². The molecule has 0 aromatic heterocycles. The Kier molecular flexibility index (Phi) is 4.74. The van der Waals surface area contributed by atoms with Crippen molar-refractivity contribution in [1.82, 2.24) is 10.2 Å². The van der Waals surface area contributed by atoms with Gasteiger partial charge in [0.2, 0.25) is 0 Å². The molecular formula is C18H24N2O3. The highest BCUT2D eigenvalue weighted by molar-refractivity contribution is 5.74. The number of aromatic hydroxyl groups is 1. The molecule has 3 rings (SSSR count). The Morgan fingerprint density at radius 3 is 2.65 bits per heavy atom. The quantitative estimate of drug-likeness (QED) is 0.839. The first-order chi connectivity index (χ1) is 11.2. The summed E-state index contributed by atoms with van der Waals surface area (Å²) in [7, 11) is 1.53. The molecule has 1 fully saturated rings. The standard InChI is InChI=1S/C18H24N2O3/c1-23-17-10-13(6-7-16(17)21)8-9-19-18(22)20-11-14-4-2-3-5-15(14)12-20/h2-3,6-7,10,14-15,21H,4-5,8-9,11-12H2,1H3,(H,19,22)/t14-,15-/m0/s1. The van der Waals surface area contributed by atoms with Crippen LogP contribution >= 0.6 is 0 Å². The Morgan fingerprint density at radius 2 is 2.00 bits per heavy atom. The first kappa shape index (κ1) is 15.7. The minimum Gasteiger partial charge on any atom is -0.504 e. The van der Waals surface area contributed by atoms with E-state index in [1.165, 1.54) is 7.11 Å². The van der Waals surface area contributed by atoms with Crippen molar-refractivity contribution < 1.29 is 14.6 Å². The lowest BCUT2D eigenvalue weighted by Gasteiger charge is -2.17. The van der Waals surface area contributed by atoms with E-state index in [2.05, 4.69) is 17.5 Å². The summed E-state index contributed by atoms with van der Waals surface area (Å²) < 4.78 is 5.10. The fraction of sp³-hybridized carbons (Fsp3) is 0.500. The maximum atomic E-state index is 12.3. The fourth-order valence-electron chi connectivity index (χ4n) is 3.48. The number of nitrogens with one attached hydrogen (secondary N) is 1. The van der Waals surface area contributed by atoms with Crippen molar-refractivity contribution >= 4 is 6.03 Å². The number of carbonyl (C=O) groups excluding carboxylic acids is 1. The van der Waals surface area contributed by atoms with E-state index in [-0.39, 0.29) is 11.8 Å². The topological polar surface area (TPSA) is 61.8 Å². The first-order valence-corrected chi connectivity index (χ1v) is 8.21. The molecule has 0 radical (unpaired) electrons. The summed E-state index contributed by atoms with van der Waals surface area (Å²) in [6.45, 7) is 2.32. The predicted molar refractivity (Wildman–Crippen MR) is 88.7 cm³/mol. The molecule has 0 unspecified atom stereocenters. The van der Waals surface area contributed by atoms with Gasteiger partial charge in [0.1, 0.15) is 0 Å². The van der Waals surface area contributed by atoms with Gasteiger partial charge in [-0.05, 0) is 48.8 Å². The molecule has 2 aliphatic rings. The van der Waals surface area contributed by atoms with Gasteiger partial charge in [0.25, 0.3) is 0 Å². The van der Waals surface area contributed by atoms with Crippen molar-refractivity contribution in [2.45, 2.75) is 19.3 Å². The van der Waals surface area contributed by atoms with Crippen molar-refractivity contribution in [2.24, 2.45) is 11.8 Å². The number of nitrogens with zero attached hydrogens (tertiary/aromatic N) is 1. The van der Waals surface area contributed by atoms with Crippen LogP contribution in [0.5, 0.6) is 11.5 Å². The summed E-state index contributed by atoms with van der Waals surface area (Å²) in [5.41, 5.74) is 1.03. The summed E-state index contributed by atoms with van der Waals surface area (Å²) in [6, 6.07) is 5.30. The summed E-state index contributed by atoms with van der Waals surface area (Å²) in [5, 5.41) is 12.6. The van der Waals surface area contributed by atoms with E-state index >= 15 is 0 Å². The fourth-order valence-corrected chi connectivity index (χ4v) is 3.48. The van der Waals surface area contributed by atoms with Crippen LogP contribution < -0.4 is 10.1 Å². The summed E-state index contributed by atoms with van der Waals surface area (Å²) in [5.74, 6) is 1.86. The van der Waals surface area contributed by atoms with Gasteiger partial charge < -0.3 is 20.1 Å². The zero-order valence-corrected chi connectivity index (χ0v) is 13.5. The smallest absolute Gasteiger partial charge is 0.317 e. The third-order valence-electron chi connectivity index (χ3n) is 4.84. The number of allylic oxidation sites excluding steroid dienone is 2. The third kappa shape index (κ3) is 3.60. The van der Waals surface area contributed by atoms with Gasteiger partial charge in [-0.2, -0.15) is 0 Å². The van der Waals surface area contributed by atoms with Crippen LogP contribution in [0.2, 0.25) is 0 Å². The Hall–Kier alpha value is -2.17. The number of benzene rings is 1. The number of carbonyl (C=O) groups is 1. The van der Waals surface area contributed by atoms with Crippen LogP contribution in [0.4, 0.5) is 4.79 Å². The highest BCUT2D eigenvalue weighted by Gasteiger charge is 2.34. The molecule has 1 aromatic carbocycles. The monoisotopic (exact) mass is 316 g/mol. The van der Waals surface area contributed by atoms with Gasteiger partial charge in [0.15, 0.2) is 11.5 Å². The lowest BCUT2D eigenvalue weighted by atomic mass is 9.86. The Bertz CT molecular complexity index is 584. The van der Waals surface area contributed by atoms with Gasteiger partial charge in [0.05, 0.1) is 7.11 Å². The summed E-state index contributed by atoms with van der Waals surface area (Å²) in [6.07, 6.45) is 7.38. The number of rotatable bonds is 4. The number of hydrogen-bond acceptors (Lipinski definition) is 3. The van der Waals surface area contributed by atoms with Crippen molar-refractivity contribution in [3.63, 3.8) is 0 Å². The van der Waals surface area contributed by atoms with Crippen molar-refractivity contribution in [2.75, 3.05) is 26.7 Å². The molecule has 0 bridgehead atoms. The maximum Gasteiger partial charge on any atom is 0.317 e. The number of ether oxygens (including phenoxy) is 1. The van der Waals surface area contributed by atoms with Gasteiger partial charge in [-0.15, -0.1) is 0 Å². The maximum absolute atomic E-state index is 12.3. The lowest BCUT2D eigenvalue weighted by Crippen LogP contribution is -2.39. The van der Waals surface area contributed by atoms with Gasteiger partial charge in [-0.3, -0.25) is 0 Å². The zero-order valence-electron chi connectivity index (χ0n) is 13.5. The second-order valence-corrected chi connectivity index (χ2v) is 6.36. The number of urea groups is 1. The molecule has 5 nitrogen and oxygen atoms in total. The second-order valence-electron chi connectivity index (χ2n) is 6.36. The minimum atomic E-state index is 0.0325. The molecule has 23 heavy (non-hydrogen) atoms. The second kappa shape index (κ2) is 6.94. The molecule has 1 heterocycles. The van der Waals surface area contributed by atoms with Crippen LogP contribution in [-0.4, -0.2) is 42.8 Å². The van der Waals surface area contributed by atoms with E-state index in [0.29, 0.717) is 30.6 Å². The van der Waals surface area contributed by atoms with Gasteiger partial charge in [-0.25, -0.2) is 4.79 Å². The van der Waals surface area contributed by atoms with E-state index in [4.69, 9.17) is 4.74 Å². The Morgan fingerprint density at radius 1 is 1.30 bits per heavy atom. The normalized spacial score (nSPS) is 22.7. The highest BCUT2D eigenvalue weighted by atomic mass is 16.5. The van der Waals surface area contributed by atoms with Crippen LogP contribution in [0.1, 0.15) is 18.4 Å². The third-order valence-corrected chi connectivity index (χ3v) is 4.84. The van der Waals surface area contributed by atoms with Gasteiger partial charge in [0, 0.05) is 19.6 Å². The highest BCUT2D eigenvalue weighted by Crippen LogP contribution is 2.32. The Labute approximate surface area is 136 Å². The van der Waals surface area contributed by atoms with Crippen LogP contribution in [0.25, 0.3) is 0 Å². The number of fused-ring (bicyclic) bond motifs is 1. The lowest BCUT2D eigenvalue weighted by molar-refractivity contribution is 0.206. The molecule has 0 spiro atoms. The van der Waals surface area contributed by atoms with Crippen LogP contribution in [0, 0.1) is 11.8 Å². The number of phenolic OH excluding ortho intramolecular Hbond substituents is 1.